The first kappa shape index (κ1) is 17.5. The number of ether oxygens (including phenoxy) is 1. The van der Waals surface area contributed by atoms with E-state index in [0.717, 1.165) is 33.7 Å². The second-order valence-corrected chi connectivity index (χ2v) is 7.16. The van der Waals surface area contributed by atoms with Gasteiger partial charge in [0.25, 0.3) is 5.91 Å². The van der Waals surface area contributed by atoms with E-state index in [2.05, 4.69) is 15.0 Å². The maximum absolute atomic E-state index is 12.8. The Hall–Kier alpha value is -2.90. The van der Waals surface area contributed by atoms with Gasteiger partial charge in [0.15, 0.2) is 0 Å². The molecule has 0 aliphatic carbocycles. The third-order valence-electron chi connectivity index (χ3n) is 4.48. The zero-order chi connectivity index (χ0) is 18.8. The number of rotatable bonds is 6. The van der Waals surface area contributed by atoms with Crippen LogP contribution in [0.2, 0.25) is 0 Å². The molecule has 6 nitrogen and oxygen atoms in total. The first-order chi connectivity index (χ1) is 13.2. The number of carbonyl (C=O) groups is 1. The smallest absolute Gasteiger partial charge is 0.273 e. The van der Waals surface area contributed by atoms with E-state index in [1.165, 1.54) is 0 Å². The molecule has 138 valence electrons. The molecule has 1 aromatic carbocycles. The molecule has 0 unspecified atom stereocenters. The second-order valence-electron chi connectivity index (χ2n) is 6.21. The molecular weight excluding hydrogens is 360 g/mol. The Balaban J connectivity index is 1.61. The van der Waals surface area contributed by atoms with Crippen LogP contribution in [-0.2, 0) is 18.3 Å². The first-order valence-electron chi connectivity index (χ1n) is 8.63. The zero-order valence-electron chi connectivity index (χ0n) is 15.2. The van der Waals surface area contributed by atoms with Gasteiger partial charge < -0.3 is 14.6 Å². The highest BCUT2D eigenvalue weighted by Crippen LogP contribution is 2.27. The third-order valence-corrected chi connectivity index (χ3v) is 5.38. The summed E-state index contributed by atoms with van der Waals surface area (Å²) in [5.74, 6) is -0.176. The number of aryl methyl sites for hydroxylation is 1. The predicted molar refractivity (Wildman–Crippen MR) is 108 cm³/mol. The normalized spacial score (nSPS) is 11.2. The lowest BCUT2D eigenvalue weighted by atomic mass is 10.2. The highest BCUT2D eigenvalue weighted by atomic mass is 32.1. The van der Waals surface area contributed by atoms with Crippen LogP contribution < -0.4 is 5.32 Å². The molecule has 0 aliphatic rings. The van der Waals surface area contributed by atoms with E-state index in [4.69, 9.17) is 4.74 Å². The van der Waals surface area contributed by atoms with Crippen LogP contribution in [0.4, 0.5) is 5.69 Å². The highest BCUT2D eigenvalue weighted by Gasteiger charge is 2.16. The van der Waals surface area contributed by atoms with E-state index in [-0.39, 0.29) is 5.91 Å². The van der Waals surface area contributed by atoms with Crippen LogP contribution in [-0.4, -0.2) is 34.0 Å². The number of methoxy groups -OCH3 is 1. The number of aromatic nitrogens is 3. The number of thiophene rings is 1. The van der Waals surface area contributed by atoms with Crippen molar-refractivity contribution in [2.45, 2.75) is 6.54 Å². The fourth-order valence-electron chi connectivity index (χ4n) is 3.13. The summed E-state index contributed by atoms with van der Waals surface area (Å²) in [7, 11) is 3.48. The Kier molecular flexibility index (Phi) is 4.79. The summed E-state index contributed by atoms with van der Waals surface area (Å²) in [6.07, 6.45) is 2.01. The molecule has 0 saturated heterocycles. The van der Waals surface area contributed by atoms with Crippen molar-refractivity contribution in [2.75, 3.05) is 19.0 Å². The Morgan fingerprint density at radius 1 is 1.26 bits per heavy atom. The molecule has 0 spiro atoms. The number of anilines is 1. The van der Waals surface area contributed by atoms with Crippen LogP contribution in [0.15, 0.2) is 54.0 Å². The van der Waals surface area contributed by atoms with Gasteiger partial charge in [0.1, 0.15) is 11.4 Å². The molecule has 27 heavy (non-hydrogen) atoms. The van der Waals surface area contributed by atoms with Gasteiger partial charge in [-0.3, -0.25) is 9.48 Å². The van der Waals surface area contributed by atoms with Crippen LogP contribution in [0.25, 0.3) is 21.5 Å². The van der Waals surface area contributed by atoms with Crippen molar-refractivity contribution in [3.63, 3.8) is 0 Å². The minimum Gasteiger partial charge on any atom is -0.383 e. The number of nitrogens with one attached hydrogen (secondary N) is 1. The Morgan fingerprint density at radius 3 is 2.93 bits per heavy atom. The lowest BCUT2D eigenvalue weighted by molar-refractivity contribution is 0.101. The molecule has 7 heteroatoms. The van der Waals surface area contributed by atoms with Crippen LogP contribution in [0, 0.1) is 0 Å². The minimum atomic E-state index is -0.176. The van der Waals surface area contributed by atoms with Crippen molar-refractivity contribution in [2.24, 2.45) is 7.05 Å². The summed E-state index contributed by atoms with van der Waals surface area (Å²) in [4.78, 5) is 13.9. The van der Waals surface area contributed by atoms with Crippen LogP contribution >= 0.6 is 11.3 Å². The summed E-state index contributed by atoms with van der Waals surface area (Å²) < 4.78 is 8.90. The number of hydrogen-bond donors (Lipinski definition) is 1. The quantitative estimate of drug-likeness (QED) is 0.550. The van der Waals surface area contributed by atoms with Gasteiger partial charge >= 0.3 is 0 Å². The number of carbonyl (C=O) groups excluding carboxylic acids is 1. The van der Waals surface area contributed by atoms with Crippen molar-refractivity contribution in [3.05, 3.63) is 59.7 Å². The molecule has 0 atom stereocenters. The molecule has 1 N–H and O–H groups in total. The van der Waals surface area contributed by atoms with Crippen LogP contribution in [0.5, 0.6) is 0 Å². The fourth-order valence-corrected chi connectivity index (χ4v) is 3.81. The van der Waals surface area contributed by atoms with Crippen molar-refractivity contribution in [1.29, 1.82) is 0 Å². The van der Waals surface area contributed by atoms with Gasteiger partial charge in [-0.25, -0.2) is 0 Å². The molecule has 1 amide bonds. The third kappa shape index (κ3) is 3.39. The standard InChI is InChI=1S/C20H20N4O2S/c1-23-18(13-16(22-23)19-7-4-12-27-19)20(25)21-15-5-3-6-17-14(15)8-9-24(17)10-11-26-2/h3-9,12-13H,10-11H2,1-2H3,(H,21,25). The van der Waals surface area contributed by atoms with E-state index in [0.29, 0.717) is 12.3 Å². The monoisotopic (exact) mass is 380 g/mol. The molecule has 3 heterocycles. The number of benzene rings is 1. The highest BCUT2D eigenvalue weighted by molar-refractivity contribution is 7.13. The number of amides is 1. The SMILES string of the molecule is COCCn1ccc2c(NC(=O)c3cc(-c4cccs4)nn3C)cccc21. The summed E-state index contributed by atoms with van der Waals surface area (Å²) in [5, 5.41) is 10.5. The maximum Gasteiger partial charge on any atom is 0.273 e. The summed E-state index contributed by atoms with van der Waals surface area (Å²) >= 11 is 1.60. The molecule has 3 aromatic heterocycles. The zero-order valence-corrected chi connectivity index (χ0v) is 16.0. The van der Waals surface area contributed by atoms with Gasteiger partial charge in [-0.15, -0.1) is 11.3 Å². The van der Waals surface area contributed by atoms with E-state index in [1.54, 1.807) is 30.2 Å². The number of hydrogen-bond acceptors (Lipinski definition) is 4. The Morgan fingerprint density at radius 2 is 2.15 bits per heavy atom. The molecular formula is C20H20N4O2S. The first-order valence-corrected chi connectivity index (χ1v) is 9.51. The van der Waals surface area contributed by atoms with Crippen molar-refractivity contribution in [3.8, 4) is 10.6 Å². The minimum absolute atomic E-state index is 0.176. The molecule has 4 rings (SSSR count). The molecule has 0 radical (unpaired) electrons. The van der Waals surface area contributed by atoms with Crippen molar-refractivity contribution < 1.29 is 9.53 Å². The summed E-state index contributed by atoms with van der Waals surface area (Å²) in [6.45, 7) is 1.41. The molecule has 0 saturated carbocycles. The molecule has 0 bridgehead atoms. The summed E-state index contributed by atoms with van der Waals surface area (Å²) in [5.41, 5.74) is 3.18. The second kappa shape index (κ2) is 7.38. The Labute approximate surface area is 161 Å². The van der Waals surface area contributed by atoms with Gasteiger partial charge in [-0.1, -0.05) is 12.1 Å². The largest absolute Gasteiger partial charge is 0.383 e. The van der Waals surface area contributed by atoms with Gasteiger partial charge in [-0.05, 0) is 35.7 Å². The van der Waals surface area contributed by atoms with Gasteiger partial charge in [-0.2, -0.15) is 5.10 Å². The summed E-state index contributed by atoms with van der Waals surface area (Å²) in [6, 6.07) is 13.7. The lowest BCUT2D eigenvalue weighted by Gasteiger charge is -2.08. The molecule has 0 aliphatic heterocycles. The topological polar surface area (TPSA) is 61.1 Å². The number of fused-ring (bicyclic) bond motifs is 1. The van der Waals surface area contributed by atoms with Crippen molar-refractivity contribution >= 4 is 33.8 Å². The van der Waals surface area contributed by atoms with Crippen LogP contribution in [0.1, 0.15) is 10.5 Å². The Bertz CT molecular complexity index is 1080. The average molecular weight is 380 g/mol. The van der Waals surface area contributed by atoms with Crippen LogP contribution in [0.3, 0.4) is 0 Å². The molecule has 0 fully saturated rings. The number of nitrogens with zero attached hydrogens (tertiary/aromatic N) is 3. The van der Waals surface area contributed by atoms with Crippen molar-refractivity contribution in [1.82, 2.24) is 14.3 Å². The lowest BCUT2D eigenvalue weighted by Crippen LogP contribution is -2.16. The van der Waals surface area contributed by atoms with Gasteiger partial charge in [0, 0.05) is 32.3 Å². The maximum atomic E-state index is 12.8. The van der Waals surface area contributed by atoms with E-state index in [1.807, 2.05) is 54.0 Å². The molecule has 4 aromatic rings. The predicted octanol–water partition coefficient (Wildman–Crippen LogP) is 4.00. The van der Waals surface area contributed by atoms with Gasteiger partial charge in [0.05, 0.1) is 22.7 Å². The van der Waals surface area contributed by atoms with E-state index < -0.39 is 0 Å². The fraction of sp³-hybridized carbons (Fsp3) is 0.200. The average Bonchev–Trinajstić information content (AvgIpc) is 3.39. The van der Waals surface area contributed by atoms with E-state index in [9.17, 15) is 4.79 Å². The van der Waals surface area contributed by atoms with Gasteiger partial charge in [0.2, 0.25) is 0 Å². The van der Waals surface area contributed by atoms with E-state index >= 15 is 0 Å².